The van der Waals surface area contributed by atoms with Gasteiger partial charge in [0.2, 0.25) is 5.91 Å². The summed E-state index contributed by atoms with van der Waals surface area (Å²) in [4.78, 5) is 59.0. The maximum atomic E-state index is 13.5. The van der Waals surface area contributed by atoms with Crippen LogP contribution in [0.4, 0.5) is 10.5 Å². The van der Waals surface area contributed by atoms with Crippen molar-refractivity contribution in [2.24, 2.45) is 5.92 Å². The summed E-state index contributed by atoms with van der Waals surface area (Å²) in [5.41, 5.74) is 3.63. The van der Waals surface area contributed by atoms with Crippen molar-refractivity contribution in [2.45, 2.75) is 89.5 Å². The molecule has 4 aliphatic heterocycles. The number of ether oxygens (including phenoxy) is 3. The maximum absolute atomic E-state index is 13.5. The molecule has 3 saturated heterocycles. The van der Waals surface area contributed by atoms with E-state index < -0.39 is 14.1 Å². The number of anilines is 1. The molecule has 12 heteroatoms. The molecule has 11 nitrogen and oxygen atoms in total. The average molecular weight is 705 g/mol. The van der Waals surface area contributed by atoms with Crippen molar-refractivity contribution < 1.29 is 33.4 Å². The number of likely N-dealkylation sites (tertiary alicyclic amines) is 2. The highest BCUT2D eigenvalue weighted by atomic mass is 28.3. The number of rotatable bonds is 12. The van der Waals surface area contributed by atoms with Crippen LogP contribution in [-0.4, -0.2) is 105 Å². The molecule has 270 valence electrons. The van der Waals surface area contributed by atoms with Crippen molar-refractivity contribution >= 4 is 37.6 Å². The smallest absolute Gasteiger partial charge is 0.410 e. The largest absolute Gasteiger partial charge is 0.445 e. The van der Waals surface area contributed by atoms with Crippen LogP contribution in [-0.2, 0) is 37.0 Å². The number of piperidine rings is 3. The molecule has 6 rings (SSSR count). The van der Waals surface area contributed by atoms with Gasteiger partial charge in [0.25, 0.3) is 11.8 Å². The van der Waals surface area contributed by atoms with Gasteiger partial charge in [0.05, 0.1) is 6.10 Å². The average Bonchev–Trinajstić information content (AvgIpc) is 3.44. The number of amides is 4. The van der Waals surface area contributed by atoms with Crippen LogP contribution in [0.3, 0.4) is 0 Å². The quantitative estimate of drug-likeness (QED) is 0.162. The van der Waals surface area contributed by atoms with Crippen molar-refractivity contribution in [1.29, 1.82) is 0 Å². The van der Waals surface area contributed by atoms with Crippen LogP contribution in [0.5, 0.6) is 0 Å². The predicted molar refractivity (Wildman–Crippen MR) is 192 cm³/mol. The number of imide groups is 1. The third kappa shape index (κ3) is 8.94. The van der Waals surface area contributed by atoms with E-state index in [9.17, 15) is 19.2 Å². The lowest BCUT2D eigenvalue weighted by molar-refractivity contribution is -0.158. The highest BCUT2D eigenvalue weighted by molar-refractivity contribution is 6.76. The maximum Gasteiger partial charge on any atom is 0.410 e. The minimum atomic E-state index is -1.29. The Morgan fingerprint density at radius 3 is 2.36 bits per heavy atom. The van der Waals surface area contributed by atoms with E-state index in [1.165, 1.54) is 4.90 Å². The van der Waals surface area contributed by atoms with Gasteiger partial charge in [-0.05, 0) is 73.4 Å². The van der Waals surface area contributed by atoms with Gasteiger partial charge in [-0.25, -0.2) is 4.79 Å². The number of hydrogen-bond donors (Lipinski definition) is 0. The second-order valence-corrected chi connectivity index (χ2v) is 20.9. The highest BCUT2D eigenvalue weighted by Gasteiger charge is 2.43. The lowest BCUT2D eigenvalue weighted by Gasteiger charge is -2.35. The zero-order valence-electron chi connectivity index (χ0n) is 29.8. The van der Waals surface area contributed by atoms with Crippen LogP contribution in [0.2, 0.25) is 25.7 Å². The molecule has 1 unspecified atom stereocenters. The first-order chi connectivity index (χ1) is 24.1. The summed E-state index contributed by atoms with van der Waals surface area (Å²) in [6.07, 6.45) is 4.14. The Morgan fingerprint density at radius 1 is 0.900 bits per heavy atom. The Kier molecular flexibility index (Phi) is 11.6. The van der Waals surface area contributed by atoms with Crippen LogP contribution in [0, 0.1) is 5.92 Å². The second kappa shape index (κ2) is 16.1. The Balaban J connectivity index is 0.928. The molecule has 4 aliphatic rings. The fraction of sp³-hybridized carbons (Fsp3) is 0.579. The monoisotopic (exact) mass is 704 g/mol. The van der Waals surface area contributed by atoms with Crippen LogP contribution < -0.4 is 4.90 Å². The summed E-state index contributed by atoms with van der Waals surface area (Å²) >= 11 is 0. The van der Waals surface area contributed by atoms with Crippen molar-refractivity contribution in [1.82, 2.24) is 14.7 Å². The standard InChI is InChI=1S/C38H52N4O7Si/c1-50(2,3)22-21-47-27-42-35(43)12-11-34(37(42)45)41-24-30-23-31(9-10-33(30)36(41)44)39-17-13-29(14-18-39)25-48-32-15-19-40(20-16-32)38(46)49-26-28-7-5-4-6-8-28/h4-10,23,29,32,34H,11-22,24-27H2,1-3H3. The van der Waals surface area contributed by atoms with E-state index in [0.717, 1.165) is 68.2 Å². The van der Waals surface area contributed by atoms with E-state index in [2.05, 4.69) is 30.6 Å². The molecular formula is C38H52N4O7Si. The topological polar surface area (TPSA) is 109 Å². The molecule has 0 aliphatic carbocycles. The first-order valence-electron chi connectivity index (χ1n) is 18.2. The predicted octanol–water partition coefficient (Wildman–Crippen LogP) is 5.51. The van der Waals surface area contributed by atoms with E-state index in [1.54, 1.807) is 9.80 Å². The number of hydrogen-bond acceptors (Lipinski definition) is 8. The number of nitrogens with zero attached hydrogens (tertiary/aromatic N) is 4. The lowest BCUT2D eigenvalue weighted by Crippen LogP contribution is -2.55. The van der Waals surface area contributed by atoms with E-state index in [4.69, 9.17) is 14.2 Å². The van der Waals surface area contributed by atoms with Gasteiger partial charge in [0.1, 0.15) is 19.4 Å². The molecule has 50 heavy (non-hydrogen) atoms. The van der Waals surface area contributed by atoms with Crippen LogP contribution in [0.15, 0.2) is 48.5 Å². The molecule has 0 N–H and O–H groups in total. The van der Waals surface area contributed by atoms with E-state index in [1.807, 2.05) is 42.5 Å². The molecule has 3 fully saturated rings. The van der Waals surface area contributed by atoms with Crippen LogP contribution in [0.25, 0.3) is 0 Å². The van der Waals surface area contributed by atoms with Gasteiger partial charge in [-0.15, -0.1) is 0 Å². The second-order valence-electron chi connectivity index (χ2n) is 15.3. The SMILES string of the molecule is C[Si](C)(C)CCOCN1C(=O)CCC(N2Cc3cc(N4CCC(COC5CCN(C(=O)OCc6ccccc6)CC5)CC4)ccc3C2=O)C1=O. The number of fused-ring (bicyclic) bond motifs is 1. The minimum absolute atomic E-state index is 0.0515. The molecule has 0 aromatic heterocycles. The molecule has 0 bridgehead atoms. The van der Waals surface area contributed by atoms with Gasteiger partial charge in [-0.3, -0.25) is 19.3 Å². The van der Waals surface area contributed by atoms with Gasteiger partial charge in [0.15, 0.2) is 0 Å². The van der Waals surface area contributed by atoms with Gasteiger partial charge in [-0.2, -0.15) is 0 Å². The fourth-order valence-electron chi connectivity index (χ4n) is 7.20. The molecule has 4 amide bonds. The van der Waals surface area contributed by atoms with E-state index >= 15 is 0 Å². The normalized spacial score (nSPS) is 20.9. The third-order valence-electron chi connectivity index (χ3n) is 10.5. The van der Waals surface area contributed by atoms with E-state index in [-0.39, 0.29) is 49.7 Å². The summed E-state index contributed by atoms with van der Waals surface area (Å²) in [6, 6.07) is 16.0. The Morgan fingerprint density at radius 2 is 1.64 bits per heavy atom. The molecule has 2 aromatic rings. The number of carbonyl (C=O) groups is 4. The highest BCUT2D eigenvalue weighted by Crippen LogP contribution is 2.33. The summed E-state index contributed by atoms with van der Waals surface area (Å²) in [6.45, 7) is 11.7. The van der Waals surface area contributed by atoms with Crippen LogP contribution in [0.1, 0.15) is 60.0 Å². The summed E-state index contributed by atoms with van der Waals surface area (Å²) in [5.74, 6) is -0.243. The van der Waals surface area contributed by atoms with Crippen LogP contribution >= 0.6 is 0 Å². The zero-order valence-corrected chi connectivity index (χ0v) is 30.8. The minimum Gasteiger partial charge on any atom is -0.445 e. The Labute approximate surface area is 296 Å². The first kappa shape index (κ1) is 36.1. The van der Waals surface area contributed by atoms with E-state index in [0.29, 0.717) is 44.1 Å². The third-order valence-corrected chi connectivity index (χ3v) is 12.2. The number of benzene rings is 2. The molecular weight excluding hydrogens is 653 g/mol. The summed E-state index contributed by atoms with van der Waals surface area (Å²) in [7, 11) is -1.29. The lowest BCUT2D eigenvalue weighted by atomic mass is 9.96. The number of carbonyl (C=O) groups excluding carboxylic acids is 4. The zero-order chi connectivity index (χ0) is 35.3. The molecule has 0 radical (unpaired) electrons. The fourth-order valence-corrected chi connectivity index (χ4v) is 7.96. The van der Waals surface area contributed by atoms with Gasteiger partial charge in [-0.1, -0.05) is 50.0 Å². The molecule has 4 heterocycles. The van der Waals surface area contributed by atoms with Crippen molar-refractivity contribution in [2.75, 3.05) is 51.0 Å². The molecule has 0 spiro atoms. The first-order valence-corrected chi connectivity index (χ1v) is 21.9. The molecule has 0 saturated carbocycles. The van der Waals surface area contributed by atoms with Gasteiger partial charge >= 0.3 is 6.09 Å². The molecule has 1 atom stereocenters. The Hall–Kier alpha value is -3.74. The van der Waals surface area contributed by atoms with Crippen molar-refractivity contribution in [3.05, 3.63) is 65.2 Å². The Bertz CT molecular complexity index is 1520. The summed E-state index contributed by atoms with van der Waals surface area (Å²) in [5, 5.41) is 0. The molecule has 2 aromatic carbocycles. The van der Waals surface area contributed by atoms with Crippen molar-refractivity contribution in [3.8, 4) is 0 Å². The van der Waals surface area contributed by atoms with Crippen molar-refractivity contribution in [3.63, 3.8) is 0 Å². The van der Waals surface area contributed by atoms with Gasteiger partial charge < -0.3 is 28.9 Å². The summed E-state index contributed by atoms with van der Waals surface area (Å²) < 4.78 is 17.6. The van der Waals surface area contributed by atoms with Gasteiger partial charge in [0, 0.05) is 71.7 Å².